The Kier molecular flexibility index (Phi) is 8.36. The molecule has 0 aliphatic carbocycles. The van der Waals surface area contributed by atoms with E-state index in [0.29, 0.717) is 25.1 Å². The van der Waals surface area contributed by atoms with Gasteiger partial charge in [0.05, 0.1) is 11.2 Å². The first kappa shape index (κ1) is 23.7. The molecule has 0 bridgehead atoms. The van der Waals surface area contributed by atoms with Crippen molar-refractivity contribution < 1.29 is 14.3 Å². The molecule has 0 unspecified atom stereocenters. The van der Waals surface area contributed by atoms with Gasteiger partial charge in [-0.1, -0.05) is 23.7 Å². The molecule has 0 saturated carbocycles. The highest BCUT2D eigenvalue weighted by Gasteiger charge is 2.20. The summed E-state index contributed by atoms with van der Waals surface area (Å²) in [5.41, 5.74) is 1.15. The van der Waals surface area contributed by atoms with Gasteiger partial charge in [-0.2, -0.15) is 0 Å². The van der Waals surface area contributed by atoms with Crippen LogP contribution in [0.2, 0.25) is 5.02 Å². The number of aromatic nitrogens is 2. The van der Waals surface area contributed by atoms with Crippen molar-refractivity contribution in [2.45, 2.75) is 38.3 Å². The maximum atomic E-state index is 12.7. The Morgan fingerprint density at radius 3 is 2.88 bits per heavy atom. The Labute approximate surface area is 200 Å². The van der Waals surface area contributed by atoms with Crippen molar-refractivity contribution in [3.05, 3.63) is 46.7 Å². The van der Waals surface area contributed by atoms with E-state index in [9.17, 15) is 4.79 Å². The summed E-state index contributed by atoms with van der Waals surface area (Å²) in [6, 6.07) is 8.33. The first-order valence-corrected chi connectivity index (χ1v) is 12.0. The van der Waals surface area contributed by atoms with E-state index >= 15 is 0 Å². The lowest BCUT2D eigenvalue weighted by molar-refractivity contribution is 0.0392. The minimum atomic E-state index is -0.313. The van der Waals surface area contributed by atoms with Crippen LogP contribution in [0.15, 0.2) is 30.5 Å². The third kappa shape index (κ3) is 6.56. The molecule has 0 spiro atoms. The molecule has 0 radical (unpaired) electrons. The summed E-state index contributed by atoms with van der Waals surface area (Å²) in [7, 11) is 2.14. The molecule has 9 heteroatoms. The van der Waals surface area contributed by atoms with E-state index in [4.69, 9.17) is 21.1 Å². The standard InChI is InChI=1S/C24H32ClN5O3/c1-29(19-7-12-32-13-8-19)11-14-33-20-6-4-5-18(15-20)16-26-23(31)22-21(25)17-27-24(28-22)30-9-2-3-10-30/h4-6,15,17,19H,2-3,7-14,16H2,1H3,(H,26,31). The minimum absolute atomic E-state index is 0.206. The van der Waals surface area contributed by atoms with Crippen molar-refractivity contribution in [2.75, 3.05) is 51.4 Å². The van der Waals surface area contributed by atoms with Crippen LogP contribution in [0.4, 0.5) is 5.95 Å². The van der Waals surface area contributed by atoms with E-state index in [1.807, 2.05) is 24.3 Å². The zero-order chi connectivity index (χ0) is 23.0. The second kappa shape index (κ2) is 11.6. The van der Waals surface area contributed by atoms with Gasteiger partial charge in [0.15, 0.2) is 5.69 Å². The molecule has 178 valence electrons. The zero-order valence-corrected chi connectivity index (χ0v) is 19.9. The van der Waals surface area contributed by atoms with E-state index in [-0.39, 0.29) is 16.6 Å². The van der Waals surface area contributed by atoms with Crippen molar-refractivity contribution in [3.63, 3.8) is 0 Å². The van der Waals surface area contributed by atoms with Gasteiger partial charge in [-0.15, -0.1) is 0 Å². The maximum absolute atomic E-state index is 12.7. The fourth-order valence-electron chi connectivity index (χ4n) is 4.21. The average Bonchev–Trinajstić information content (AvgIpc) is 3.39. The van der Waals surface area contributed by atoms with Gasteiger partial charge in [0.25, 0.3) is 5.91 Å². The number of ether oxygens (including phenoxy) is 2. The van der Waals surface area contributed by atoms with Crippen LogP contribution in [0, 0.1) is 0 Å². The highest BCUT2D eigenvalue weighted by Crippen LogP contribution is 2.20. The number of amides is 1. The van der Waals surface area contributed by atoms with Gasteiger partial charge >= 0.3 is 0 Å². The van der Waals surface area contributed by atoms with Crippen LogP contribution in [0.3, 0.4) is 0 Å². The third-order valence-electron chi connectivity index (χ3n) is 6.21. The van der Waals surface area contributed by atoms with Gasteiger partial charge in [-0.05, 0) is 50.4 Å². The molecular weight excluding hydrogens is 442 g/mol. The SMILES string of the molecule is CN(CCOc1cccc(CNC(=O)c2nc(N3CCCC3)ncc2Cl)c1)C1CCOCC1. The number of nitrogens with zero attached hydrogens (tertiary/aromatic N) is 4. The zero-order valence-electron chi connectivity index (χ0n) is 19.1. The van der Waals surface area contributed by atoms with E-state index in [1.54, 1.807) is 0 Å². The average molecular weight is 474 g/mol. The highest BCUT2D eigenvalue weighted by molar-refractivity contribution is 6.33. The Bertz CT molecular complexity index is 932. The van der Waals surface area contributed by atoms with Gasteiger partial charge < -0.3 is 19.7 Å². The van der Waals surface area contributed by atoms with E-state index in [0.717, 1.165) is 69.8 Å². The number of carbonyl (C=O) groups is 1. The molecule has 1 aromatic carbocycles. The predicted octanol–water partition coefficient (Wildman–Crippen LogP) is 3.15. The Balaban J connectivity index is 1.28. The lowest BCUT2D eigenvalue weighted by atomic mass is 10.1. The maximum Gasteiger partial charge on any atom is 0.271 e. The molecule has 33 heavy (non-hydrogen) atoms. The monoisotopic (exact) mass is 473 g/mol. The first-order valence-electron chi connectivity index (χ1n) is 11.7. The molecule has 2 aliphatic heterocycles. The molecular formula is C24H32ClN5O3. The number of hydrogen-bond acceptors (Lipinski definition) is 7. The first-order chi connectivity index (χ1) is 16.1. The smallest absolute Gasteiger partial charge is 0.271 e. The number of hydrogen-bond donors (Lipinski definition) is 1. The van der Waals surface area contributed by atoms with Crippen molar-refractivity contribution in [1.29, 1.82) is 0 Å². The molecule has 1 N–H and O–H groups in total. The summed E-state index contributed by atoms with van der Waals surface area (Å²) in [4.78, 5) is 25.9. The van der Waals surface area contributed by atoms with Crippen LogP contribution in [-0.4, -0.2) is 73.3 Å². The lowest BCUT2D eigenvalue weighted by Gasteiger charge is -2.31. The molecule has 2 aliphatic rings. The van der Waals surface area contributed by atoms with Gasteiger partial charge in [0, 0.05) is 45.4 Å². The number of carbonyl (C=O) groups excluding carboxylic acids is 1. The van der Waals surface area contributed by atoms with Crippen LogP contribution in [0.25, 0.3) is 0 Å². The van der Waals surface area contributed by atoms with Crippen molar-refractivity contribution >= 4 is 23.5 Å². The summed E-state index contributed by atoms with van der Waals surface area (Å²) in [5.74, 6) is 1.04. The normalized spacial score (nSPS) is 16.9. The Morgan fingerprint density at radius 1 is 1.30 bits per heavy atom. The minimum Gasteiger partial charge on any atom is -0.492 e. The molecule has 1 amide bonds. The van der Waals surface area contributed by atoms with E-state index in [2.05, 4.69) is 32.1 Å². The fourth-order valence-corrected chi connectivity index (χ4v) is 4.39. The second-order valence-corrected chi connectivity index (χ2v) is 8.97. The molecule has 2 saturated heterocycles. The van der Waals surface area contributed by atoms with Crippen molar-refractivity contribution in [1.82, 2.24) is 20.2 Å². The van der Waals surface area contributed by atoms with Crippen LogP contribution in [-0.2, 0) is 11.3 Å². The van der Waals surface area contributed by atoms with E-state index in [1.165, 1.54) is 6.20 Å². The number of anilines is 1. The molecule has 3 heterocycles. The molecule has 0 atom stereocenters. The molecule has 8 nitrogen and oxygen atoms in total. The Morgan fingerprint density at radius 2 is 2.09 bits per heavy atom. The molecule has 4 rings (SSSR count). The third-order valence-corrected chi connectivity index (χ3v) is 6.49. The van der Waals surface area contributed by atoms with Crippen molar-refractivity contribution in [3.8, 4) is 5.75 Å². The topological polar surface area (TPSA) is 79.8 Å². The summed E-state index contributed by atoms with van der Waals surface area (Å²) < 4.78 is 11.4. The molecule has 2 fully saturated rings. The molecule has 1 aromatic heterocycles. The number of rotatable bonds is 9. The second-order valence-electron chi connectivity index (χ2n) is 8.56. The van der Waals surface area contributed by atoms with Gasteiger partial charge in [-0.3, -0.25) is 9.69 Å². The summed E-state index contributed by atoms with van der Waals surface area (Å²) >= 11 is 6.21. The fraction of sp³-hybridized carbons (Fsp3) is 0.542. The van der Waals surface area contributed by atoms with Crippen LogP contribution < -0.4 is 15.0 Å². The van der Waals surface area contributed by atoms with Crippen LogP contribution in [0.1, 0.15) is 41.7 Å². The highest BCUT2D eigenvalue weighted by atomic mass is 35.5. The predicted molar refractivity (Wildman–Crippen MR) is 128 cm³/mol. The van der Waals surface area contributed by atoms with Crippen LogP contribution in [0.5, 0.6) is 5.75 Å². The number of halogens is 1. The van der Waals surface area contributed by atoms with Gasteiger partial charge in [-0.25, -0.2) is 9.97 Å². The summed E-state index contributed by atoms with van der Waals surface area (Å²) in [5, 5.41) is 3.16. The number of benzene rings is 1. The van der Waals surface area contributed by atoms with Gasteiger partial charge in [0.2, 0.25) is 5.95 Å². The quantitative estimate of drug-likeness (QED) is 0.599. The molecule has 2 aromatic rings. The lowest BCUT2D eigenvalue weighted by Crippen LogP contribution is -2.38. The van der Waals surface area contributed by atoms with Crippen LogP contribution >= 0.6 is 11.6 Å². The Hall–Kier alpha value is -2.42. The number of nitrogens with one attached hydrogen (secondary N) is 1. The summed E-state index contributed by atoms with van der Waals surface area (Å²) in [6.07, 6.45) is 5.86. The van der Waals surface area contributed by atoms with E-state index < -0.39 is 0 Å². The number of likely N-dealkylation sites (N-methyl/N-ethyl adjacent to an activating group) is 1. The summed E-state index contributed by atoms with van der Waals surface area (Å²) in [6.45, 7) is 5.31. The van der Waals surface area contributed by atoms with Crippen molar-refractivity contribution in [2.24, 2.45) is 0 Å². The van der Waals surface area contributed by atoms with Gasteiger partial charge in [0.1, 0.15) is 12.4 Å². The largest absolute Gasteiger partial charge is 0.492 e.